The van der Waals surface area contributed by atoms with Crippen LogP contribution in [0.1, 0.15) is 17.9 Å². The third-order valence-corrected chi connectivity index (χ3v) is 4.75. The Morgan fingerprint density at radius 2 is 2.20 bits per heavy atom. The molecule has 2 N–H and O–H groups in total. The summed E-state index contributed by atoms with van der Waals surface area (Å²) in [5.41, 5.74) is 0.877. The van der Waals surface area contributed by atoms with Crippen molar-refractivity contribution >= 4 is 34.6 Å². The van der Waals surface area contributed by atoms with Crippen molar-refractivity contribution in [3.63, 3.8) is 0 Å². The van der Waals surface area contributed by atoms with Gasteiger partial charge in [0.15, 0.2) is 0 Å². The van der Waals surface area contributed by atoms with Crippen LogP contribution in [-0.2, 0) is 16.6 Å². The standard InChI is InChI=1S/C17H14N2O5S/c1-19-15-12(6-10(7-18-15)9-3-5-25-8-9)14(21)13(16(19)22)11(2-4-20)17(23)24/h3-8,11,21H,2H2,1H3,(H,23,24). The van der Waals surface area contributed by atoms with E-state index in [1.165, 1.54) is 23.0 Å². The Labute approximate surface area is 145 Å². The van der Waals surface area contributed by atoms with Crippen molar-refractivity contribution in [2.75, 3.05) is 0 Å². The van der Waals surface area contributed by atoms with E-state index in [9.17, 15) is 24.6 Å². The van der Waals surface area contributed by atoms with Gasteiger partial charge in [-0.25, -0.2) is 4.98 Å². The number of hydrogen-bond donors (Lipinski definition) is 2. The number of thiophene rings is 1. The zero-order valence-electron chi connectivity index (χ0n) is 13.2. The Kier molecular flexibility index (Phi) is 4.37. The molecule has 0 amide bonds. The zero-order chi connectivity index (χ0) is 18.1. The predicted octanol–water partition coefficient (Wildman–Crippen LogP) is 2.12. The van der Waals surface area contributed by atoms with Crippen LogP contribution < -0.4 is 5.56 Å². The quantitative estimate of drug-likeness (QED) is 0.676. The fourth-order valence-corrected chi connectivity index (χ4v) is 3.43. The number of aldehydes is 1. The first-order valence-electron chi connectivity index (χ1n) is 7.36. The van der Waals surface area contributed by atoms with Gasteiger partial charge in [-0.05, 0) is 28.5 Å². The summed E-state index contributed by atoms with van der Waals surface area (Å²) in [6, 6.07) is 3.54. The molecule has 0 fully saturated rings. The van der Waals surface area contributed by atoms with E-state index in [1.807, 2.05) is 16.8 Å². The number of aryl methyl sites for hydroxylation is 1. The van der Waals surface area contributed by atoms with Gasteiger partial charge in [0.05, 0.1) is 16.9 Å². The van der Waals surface area contributed by atoms with E-state index >= 15 is 0 Å². The summed E-state index contributed by atoms with van der Waals surface area (Å²) < 4.78 is 1.18. The highest BCUT2D eigenvalue weighted by Gasteiger charge is 2.28. The third-order valence-electron chi connectivity index (χ3n) is 4.06. The zero-order valence-corrected chi connectivity index (χ0v) is 14.0. The summed E-state index contributed by atoms with van der Waals surface area (Å²) in [7, 11) is 1.45. The smallest absolute Gasteiger partial charge is 0.311 e. The second-order valence-corrected chi connectivity index (χ2v) is 6.31. The molecule has 0 bridgehead atoms. The maximum Gasteiger partial charge on any atom is 0.311 e. The van der Waals surface area contributed by atoms with Crippen LogP contribution in [0.4, 0.5) is 0 Å². The number of carboxylic acid groups (broad SMARTS) is 1. The molecule has 0 aliphatic carbocycles. The van der Waals surface area contributed by atoms with Gasteiger partial charge in [0.1, 0.15) is 17.7 Å². The maximum atomic E-state index is 12.5. The molecule has 0 saturated heterocycles. The highest BCUT2D eigenvalue weighted by atomic mass is 32.1. The number of aromatic hydroxyl groups is 1. The minimum atomic E-state index is -1.41. The van der Waals surface area contributed by atoms with E-state index in [0.717, 1.165) is 11.1 Å². The molecule has 3 aromatic rings. The van der Waals surface area contributed by atoms with Gasteiger partial charge in [-0.3, -0.25) is 14.2 Å². The number of rotatable bonds is 5. The Hall–Kier alpha value is -3.00. The van der Waals surface area contributed by atoms with Crippen molar-refractivity contribution < 1.29 is 19.8 Å². The third kappa shape index (κ3) is 2.80. The molecular weight excluding hydrogens is 344 g/mol. The van der Waals surface area contributed by atoms with Crippen molar-refractivity contribution in [2.45, 2.75) is 12.3 Å². The Bertz CT molecular complexity index is 1020. The molecule has 1 unspecified atom stereocenters. The fraction of sp³-hybridized carbons (Fsp3) is 0.176. The number of carboxylic acids is 1. The lowest BCUT2D eigenvalue weighted by atomic mass is 9.95. The molecule has 1 atom stereocenters. The minimum Gasteiger partial charge on any atom is -0.507 e. The van der Waals surface area contributed by atoms with E-state index in [1.54, 1.807) is 12.3 Å². The van der Waals surface area contributed by atoms with Crippen LogP contribution in [0.2, 0.25) is 0 Å². The first kappa shape index (κ1) is 16.8. The molecule has 3 heterocycles. The maximum absolute atomic E-state index is 12.5. The van der Waals surface area contributed by atoms with Crippen LogP contribution in [0.3, 0.4) is 0 Å². The Balaban J connectivity index is 2.33. The largest absolute Gasteiger partial charge is 0.507 e. The van der Waals surface area contributed by atoms with Gasteiger partial charge < -0.3 is 15.0 Å². The van der Waals surface area contributed by atoms with Crippen LogP contribution in [0, 0.1) is 0 Å². The molecule has 0 aliphatic heterocycles. The number of pyridine rings is 2. The Morgan fingerprint density at radius 3 is 2.80 bits per heavy atom. The van der Waals surface area contributed by atoms with Crippen LogP contribution in [0.25, 0.3) is 22.2 Å². The van der Waals surface area contributed by atoms with Gasteiger partial charge >= 0.3 is 5.97 Å². The highest BCUT2D eigenvalue weighted by Crippen LogP contribution is 2.33. The summed E-state index contributed by atoms with van der Waals surface area (Å²) in [6.07, 6.45) is 1.60. The molecule has 8 heteroatoms. The topological polar surface area (TPSA) is 109 Å². The number of aliphatic carboxylic acids is 1. The lowest BCUT2D eigenvalue weighted by Crippen LogP contribution is -2.27. The molecule has 3 aromatic heterocycles. The van der Waals surface area contributed by atoms with E-state index in [2.05, 4.69) is 4.98 Å². The molecule has 0 aliphatic rings. The number of fused-ring (bicyclic) bond motifs is 1. The summed E-state index contributed by atoms with van der Waals surface area (Å²) in [4.78, 5) is 39.0. The summed E-state index contributed by atoms with van der Waals surface area (Å²) in [5, 5.41) is 24.0. The van der Waals surface area contributed by atoms with Gasteiger partial charge in [-0.15, -0.1) is 0 Å². The predicted molar refractivity (Wildman–Crippen MR) is 93.0 cm³/mol. The fourth-order valence-electron chi connectivity index (χ4n) is 2.76. The van der Waals surface area contributed by atoms with Crippen molar-refractivity contribution in [2.24, 2.45) is 7.05 Å². The normalized spacial score (nSPS) is 12.2. The van der Waals surface area contributed by atoms with Gasteiger partial charge in [-0.2, -0.15) is 11.3 Å². The highest BCUT2D eigenvalue weighted by molar-refractivity contribution is 7.08. The molecule has 0 saturated carbocycles. The molecule has 7 nitrogen and oxygen atoms in total. The second kappa shape index (κ2) is 6.48. The molecular formula is C17H14N2O5S. The molecule has 25 heavy (non-hydrogen) atoms. The van der Waals surface area contributed by atoms with Crippen molar-refractivity contribution in [3.05, 3.63) is 45.0 Å². The van der Waals surface area contributed by atoms with Gasteiger partial charge in [0, 0.05) is 25.2 Å². The van der Waals surface area contributed by atoms with Crippen molar-refractivity contribution in [1.29, 1.82) is 0 Å². The first-order valence-corrected chi connectivity index (χ1v) is 8.30. The van der Waals surface area contributed by atoms with E-state index in [-0.39, 0.29) is 16.6 Å². The van der Waals surface area contributed by atoms with Crippen LogP contribution in [0.5, 0.6) is 5.75 Å². The number of carbonyl (C=O) groups is 2. The van der Waals surface area contributed by atoms with Crippen molar-refractivity contribution in [1.82, 2.24) is 9.55 Å². The van der Waals surface area contributed by atoms with E-state index in [4.69, 9.17) is 0 Å². The minimum absolute atomic E-state index is 0.237. The number of hydrogen-bond acceptors (Lipinski definition) is 6. The summed E-state index contributed by atoms with van der Waals surface area (Å²) in [6.45, 7) is 0. The van der Waals surface area contributed by atoms with Gasteiger partial charge in [0.2, 0.25) is 0 Å². The Morgan fingerprint density at radius 1 is 1.44 bits per heavy atom. The number of aromatic nitrogens is 2. The SMILES string of the molecule is Cn1c(=O)c(C(CC=O)C(=O)O)c(O)c2cc(-c3ccsc3)cnc21. The van der Waals surface area contributed by atoms with Gasteiger partial charge in [-0.1, -0.05) is 0 Å². The van der Waals surface area contributed by atoms with Gasteiger partial charge in [0.25, 0.3) is 5.56 Å². The van der Waals surface area contributed by atoms with Crippen LogP contribution in [0.15, 0.2) is 33.9 Å². The number of carbonyl (C=O) groups excluding carboxylic acids is 1. The van der Waals surface area contributed by atoms with E-state index in [0.29, 0.717) is 6.29 Å². The molecule has 0 aromatic carbocycles. The number of nitrogens with zero attached hydrogens (tertiary/aromatic N) is 2. The van der Waals surface area contributed by atoms with Crippen LogP contribution >= 0.6 is 11.3 Å². The molecule has 0 radical (unpaired) electrons. The summed E-state index contributed by atoms with van der Waals surface area (Å²) >= 11 is 1.51. The molecule has 128 valence electrons. The average molecular weight is 358 g/mol. The first-order chi connectivity index (χ1) is 12.0. The molecule has 3 rings (SSSR count). The summed E-state index contributed by atoms with van der Waals surface area (Å²) in [5.74, 6) is -3.21. The molecule has 0 spiro atoms. The lowest BCUT2D eigenvalue weighted by Gasteiger charge is -2.15. The van der Waals surface area contributed by atoms with Crippen LogP contribution in [-0.4, -0.2) is 32.0 Å². The average Bonchev–Trinajstić information content (AvgIpc) is 3.13. The van der Waals surface area contributed by atoms with E-state index < -0.39 is 29.6 Å². The lowest BCUT2D eigenvalue weighted by molar-refractivity contribution is -0.139. The van der Waals surface area contributed by atoms with Crippen molar-refractivity contribution in [3.8, 4) is 16.9 Å². The monoisotopic (exact) mass is 358 g/mol. The second-order valence-electron chi connectivity index (χ2n) is 5.53.